The molecule has 2 fully saturated rings. The number of fused-ring (bicyclic) bond motifs is 1. The van der Waals surface area contributed by atoms with Crippen LogP contribution in [0.2, 0.25) is 0 Å². The smallest absolute Gasteiger partial charge is 0.318 e. The Kier molecular flexibility index (Phi) is 3.41. The molecular formula is C19H23N3O2. The number of rotatable bonds is 3. The Morgan fingerprint density at radius 3 is 2.62 bits per heavy atom. The topological polar surface area (TPSA) is 58.4 Å². The molecule has 5 nitrogen and oxygen atoms in total. The molecule has 1 aliphatic carbocycles. The molecule has 24 heavy (non-hydrogen) atoms. The van der Waals surface area contributed by atoms with Crippen molar-refractivity contribution in [3.63, 3.8) is 0 Å². The fourth-order valence-corrected chi connectivity index (χ4v) is 3.86. The van der Waals surface area contributed by atoms with Crippen LogP contribution < -0.4 is 5.32 Å². The third kappa shape index (κ3) is 2.48. The number of carbonyl (C=O) groups excluding carboxylic acids is 1. The number of nitrogens with one attached hydrogen (secondary N) is 1. The van der Waals surface area contributed by atoms with E-state index in [1.54, 1.807) is 6.20 Å². The molecule has 2 aliphatic rings. The second-order valence-electron chi connectivity index (χ2n) is 7.54. The van der Waals surface area contributed by atoms with Crippen molar-refractivity contribution in [2.45, 2.75) is 26.8 Å². The zero-order chi connectivity index (χ0) is 16.9. The van der Waals surface area contributed by atoms with E-state index in [0.29, 0.717) is 23.1 Å². The lowest BCUT2D eigenvalue weighted by atomic mass is 10.1. The monoisotopic (exact) mass is 325 g/mol. The first-order valence-corrected chi connectivity index (χ1v) is 8.53. The molecular weight excluding hydrogens is 302 g/mol. The molecule has 1 aromatic carbocycles. The number of hydrogen-bond acceptors (Lipinski definition) is 3. The SMILES string of the molecule is C[C@H](NC(=O)N1C[C@H]2[C@H](C1)C2(C)C)c1ncc(-c2ccccc2)o1. The molecule has 126 valence electrons. The molecule has 1 aliphatic heterocycles. The van der Waals surface area contributed by atoms with Crippen molar-refractivity contribution in [2.75, 3.05) is 13.1 Å². The van der Waals surface area contributed by atoms with Crippen molar-refractivity contribution in [3.05, 3.63) is 42.4 Å². The fraction of sp³-hybridized carbons (Fsp3) is 0.474. The van der Waals surface area contributed by atoms with E-state index in [2.05, 4.69) is 24.1 Å². The summed E-state index contributed by atoms with van der Waals surface area (Å²) < 4.78 is 5.81. The van der Waals surface area contributed by atoms with Crippen LogP contribution in [0.3, 0.4) is 0 Å². The van der Waals surface area contributed by atoms with Gasteiger partial charge in [0, 0.05) is 18.7 Å². The maximum atomic E-state index is 12.4. The lowest BCUT2D eigenvalue weighted by Crippen LogP contribution is -2.41. The highest BCUT2D eigenvalue weighted by atomic mass is 16.4. The Morgan fingerprint density at radius 1 is 1.29 bits per heavy atom. The zero-order valence-electron chi connectivity index (χ0n) is 14.3. The number of amides is 2. The molecule has 1 saturated carbocycles. The van der Waals surface area contributed by atoms with Gasteiger partial charge in [-0.15, -0.1) is 0 Å². The molecule has 0 radical (unpaired) electrons. The molecule has 2 amide bonds. The Balaban J connectivity index is 1.38. The number of piperidine rings is 1. The lowest BCUT2D eigenvalue weighted by Gasteiger charge is -2.23. The predicted octanol–water partition coefficient (Wildman–Crippen LogP) is 3.70. The Labute approximate surface area is 142 Å². The molecule has 0 unspecified atom stereocenters. The van der Waals surface area contributed by atoms with E-state index < -0.39 is 0 Å². The van der Waals surface area contributed by atoms with Crippen LogP contribution in [0.1, 0.15) is 32.7 Å². The van der Waals surface area contributed by atoms with Gasteiger partial charge in [-0.05, 0) is 24.2 Å². The Hall–Kier alpha value is -2.30. The molecule has 2 heterocycles. The van der Waals surface area contributed by atoms with Crippen molar-refractivity contribution < 1.29 is 9.21 Å². The maximum Gasteiger partial charge on any atom is 0.318 e. The molecule has 1 aromatic heterocycles. The average molecular weight is 325 g/mol. The standard InChI is InChI=1S/C19H23N3O2/c1-12(17-20-9-16(24-17)13-7-5-4-6-8-13)21-18(23)22-10-14-15(11-22)19(14,2)3/h4-9,12,14-15H,10-11H2,1-3H3,(H,21,23)/t12-,14-,15-/m0/s1. The van der Waals surface area contributed by atoms with E-state index in [-0.39, 0.29) is 12.1 Å². The average Bonchev–Trinajstić information content (AvgIpc) is 3.07. The van der Waals surface area contributed by atoms with Gasteiger partial charge in [-0.1, -0.05) is 44.2 Å². The van der Waals surface area contributed by atoms with E-state index in [0.717, 1.165) is 24.4 Å². The van der Waals surface area contributed by atoms with Gasteiger partial charge in [0.2, 0.25) is 5.89 Å². The summed E-state index contributed by atoms with van der Waals surface area (Å²) in [5.41, 5.74) is 1.40. The van der Waals surface area contributed by atoms with E-state index in [9.17, 15) is 4.79 Å². The highest BCUT2D eigenvalue weighted by Crippen LogP contribution is 2.61. The summed E-state index contributed by atoms with van der Waals surface area (Å²) in [6.45, 7) is 8.20. The minimum absolute atomic E-state index is 0.0232. The third-order valence-corrected chi connectivity index (χ3v) is 5.70. The van der Waals surface area contributed by atoms with Crippen LogP contribution in [0, 0.1) is 17.3 Å². The zero-order valence-corrected chi connectivity index (χ0v) is 14.3. The number of carbonyl (C=O) groups is 1. The second kappa shape index (κ2) is 5.36. The normalized spacial score (nSPS) is 25.2. The summed E-state index contributed by atoms with van der Waals surface area (Å²) in [5.74, 6) is 2.57. The first kappa shape index (κ1) is 15.2. The van der Waals surface area contributed by atoms with E-state index in [1.165, 1.54) is 0 Å². The van der Waals surface area contributed by atoms with Gasteiger partial charge >= 0.3 is 6.03 Å². The molecule has 2 aromatic rings. The summed E-state index contributed by atoms with van der Waals surface area (Å²) in [6, 6.07) is 9.57. The van der Waals surface area contributed by atoms with Gasteiger partial charge in [0.25, 0.3) is 0 Å². The van der Waals surface area contributed by atoms with Gasteiger partial charge in [0.1, 0.15) is 6.04 Å². The predicted molar refractivity (Wildman–Crippen MR) is 91.2 cm³/mol. The van der Waals surface area contributed by atoms with Crippen LogP contribution in [-0.2, 0) is 0 Å². The van der Waals surface area contributed by atoms with Crippen molar-refractivity contribution in [3.8, 4) is 11.3 Å². The second-order valence-corrected chi connectivity index (χ2v) is 7.54. The molecule has 1 N–H and O–H groups in total. The number of nitrogens with zero attached hydrogens (tertiary/aromatic N) is 2. The number of aromatic nitrogens is 1. The van der Waals surface area contributed by atoms with Gasteiger partial charge < -0.3 is 14.6 Å². The minimum atomic E-state index is -0.250. The largest absolute Gasteiger partial charge is 0.438 e. The van der Waals surface area contributed by atoms with Crippen molar-refractivity contribution in [1.29, 1.82) is 0 Å². The van der Waals surface area contributed by atoms with Crippen LogP contribution >= 0.6 is 0 Å². The Morgan fingerprint density at radius 2 is 1.96 bits per heavy atom. The van der Waals surface area contributed by atoms with Gasteiger partial charge in [0.15, 0.2) is 5.76 Å². The molecule has 0 spiro atoms. The van der Waals surface area contributed by atoms with Gasteiger partial charge in [0.05, 0.1) is 6.20 Å². The van der Waals surface area contributed by atoms with Gasteiger partial charge in [-0.2, -0.15) is 0 Å². The van der Waals surface area contributed by atoms with Gasteiger partial charge in [-0.25, -0.2) is 9.78 Å². The number of urea groups is 1. The third-order valence-electron chi connectivity index (χ3n) is 5.70. The quantitative estimate of drug-likeness (QED) is 0.936. The van der Waals surface area contributed by atoms with Crippen LogP contribution in [0.25, 0.3) is 11.3 Å². The van der Waals surface area contributed by atoms with E-state index in [1.807, 2.05) is 42.2 Å². The molecule has 0 bridgehead atoms. The van der Waals surface area contributed by atoms with Crippen LogP contribution in [0.4, 0.5) is 4.79 Å². The number of likely N-dealkylation sites (tertiary alicyclic amines) is 1. The van der Waals surface area contributed by atoms with Crippen LogP contribution in [0.15, 0.2) is 40.9 Å². The van der Waals surface area contributed by atoms with Gasteiger partial charge in [-0.3, -0.25) is 0 Å². The highest BCUT2D eigenvalue weighted by molar-refractivity contribution is 5.75. The first-order chi connectivity index (χ1) is 11.5. The number of hydrogen-bond donors (Lipinski definition) is 1. The van der Waals surface area contributed by atoms with Crippen LogP contribution in [0.5, 0.6) is 0 Å². The number of benzene rings is 1. The van der Waals surface area contributed by atoms with Crippen molar-refractivity contribution >= 4 is 6.03 Å². The summed E-state index contributed by atoms with van der Waals surface area (Å²) in [4.78, 5) is 18.7. The number of oxazole rings is 1. The first-order valence-electron chi connectivity index (χ1n) is 8.53. The molecule has 1 saturated heterocycles. The van der Waals surface area contributed by atoms with E-state index >= 15 is 0 Å². The minimum Gasteiger partial charge on any atom is -0.438 e. The Bertz CT molecular complexity index is 739. The highest BCUT2D eigenvalue weighted by Gasteiger charge is 2.62. The summed E-state index contributed by atoms with van der Waals surface area (Å²) in [6.07, 6.45) is 1.71. The summed E-state index contributed by atoms with van der Waals surface area (Å²) in [5, 5.41) is 3.00. The van der Waals surface area contributed by atoms with Crippen LogP contribution in [-0.4, -0.2) is 29.0 Å². The van der Waals surface area contributed by atoms with E-state index in [4.69, 9.17) is 4.42 Å². The lowest BCUT2D eigenvalue weighted by molar-refractivity contribution is 0.191. The molecule has 4 rings (SSSR count). The molecule has 5 heteroatoms. The molecule has 3 atom stereocenters. The summed E-state index contributed by atoms with van der Waals surface area (Å²) >= 11 is 0. The fourth-order valence-electron chi connectivity index (χ4n) is 3.86. The van der Waals surface area contributed by atoms with Crippen molar-refractivity contribution in [2.24, 2.45) is 17.3 Å². The maximum absolute atomic E-state index is 12.4. The summed E-state index contributed by atoms with van der Waals surface area (Å²) in [7, 11) is 0. The van der Waals surface area contributed by atoms with Crippen molar-refractivity contribution in [1.82, 2.24) is 15.2 Å².